The number of amides is 1. The second-order valence-electron chi connectivity index (χ2n) is 6.89. The van der Waals surface area contributed by atoms with Crippen molar-refractivity contribution in [3.63, 3.8) is 0 Å². The second kappa shape index (κ2) is 6.70. The van der Waals surface area contributed by atoms with Gasteiger partial charge in [-0.25, -0.2) is 0 Å². The Morgan fingerprint density at radius 2 is 1.77 bits per heavy atom. The number of fused-ring (bicyclic) bond motifs is 2. The highest BCUT2D eigenvalue weighted by molar-refractivity contribution is 5.97. The first-order chi connectivity index (χ1) is 12.4. The van der Waals surface area contributed by atoms with Gasteiger partial charge in [-0.1, -0.05) is 6.92 Å². The smallest absolute Gasteiger partial charge is 0.311 e. The molecule has 0 radical (unpaired) electrons. The van der Waals surface area contributed by atoms with Crippen LogP contribution in [0.4, 0.5) is 0 Å². The van der Waals surface area contributed by atoms with E-state index in [0.717, 1.165) is 12.8 Å². The number of hydrogen-bond acceptors (Lipinski definition) is 5. The monoisotopic (exact) mass is 363 g/mol. The van der Waals surface area contributed by atoms with Crippen LogP contribution in [0.5, 0.6) is 17.2 Å². The molecule has 2 aliphatic heterocycles. The highest BCUT2D eigenvalue weighted by atomic mass is 16.5. The number of carbonyl (C=O) groups is 2. The summed E-state index contributed by atoms with van der Waals surface area (Å²) in [5.74, 6) is 0.232. The van der Waals surface area contributed by atoms with Gasteiger partial charge in [0.25, 0.3) is 5.91 Å². The number of carboxylic acids is 1. The number of aliphatic carboxylic acids is 1. The SMILES string of the molecule is CC[C@@]1(C(=O)O)C[C@@H]2CC[C@H]1N2C(=O)c1cc(OC)c(OC)c(OC)c1. The van der Waals surface area contributed by atoms with Crippen LogP contribution >= 0.6 is 0 Å². The summed E-state index contributed by atoms with van der Waals surface area (Å²) in [6, 6.07) is 2.93. The Balaban J connectivity index is 1.99. The van der Waals surface area contributed by atoms with Gasteiger partial charge >= 0.3 is 5.97 Å². The molecule has 1 aromatic rings. The molecule has 2 bridgehead atoms. The van der Waals surface area contributed by atoms with Crippen LogP contribution in [0.3, 0.4) is 0 Å². The summed E-state index contributed by atoms with van der Waals surface area (Å²) in [6.45, 7) is 1.89. The van der Waals surface area contributed by atoms with Crippen molar-refractivity contribution in [3.05, 3.63) is 17.7 Å². The lowest BCUT2D eigenvalue weighted by Crippen LogP contribution is -2.44. The van der Waals surface area contributed by atoms with E-state index in [1.165, 1.54) is 21.3 Å². The molecule has 1 aromatic carbocycles. The Hall–Kier alpha value is -2.44. The van der Waals surface area contributed by atoms with Gasteiger partial charge in [0.2, 0.25) is 5.75 Å². The molecule has 2 saturated heterocycles. The van der Waals surface area contributed by atoms with E-state index >= 15 is 0 Å². The van der Waals surface area contributed by atoms with Crippen molar-refractivity contribution in [3.8, 4) is 17.2 Å². The van der Waals surface area contributed by atoms with Crippen molar-refractivity contribution in [1.29, 1.82) is 0 Å². The highest BCUT2D eigenvalue weighted by Gasteiger charge is 2.60. The van der Waals surface area contributed by atoms with Gasteiger partial charge in [0.1, 0.15) is 0 Å². The number of methoxy groups -OCH3 is 3. The minimum atomic E-state index is -0.848. The molecule has 0 unspecified atom stereocenters. The maximum atomic E-state index is 13.3. The van der Waals surface area contributed by atoms with Gasteiger partial charge in [-0.15, -0.1) is 0 Å². The Morgan fingerprint density at radius 1 is 1.15 bits per heavy atom. The van der Waals surface area contributed by atoms with Crippen LogP contribution in [0, 0.1) is 5.41 Å². The third-order valence-electron chi connectivity index (χ3n) is 5.94. The molecule has 3 atom stereocenters. The van der Waals surface area contributed by atoms with Gasteiger partial charge in [-0.3, -0.25) is 9.59 Å². The standard InChI is InChI=1S/C19H25NO6/c1-5-19(18(22)23)10-12-6-7-15(19)20(12)17(21)11-8-13(24-2)16(26-4)14(9-11)25-3/h8-9,12,15H,5-7,10H2,1-4H3,(H,22,23)/t12-,15+,19+/m0/s1. The lowest BCUT2D eigenvalue weighted by molar-refractivity contribution is -0.151. The lowest BCUT2D eigenvalue weighted by Gasteiger charge is -2.32. The molecular formula is C19H25NO6. The van der Waals surface area contributed by atoms with Gasteiger partial charge in [-0.2, -0.15) is 0 Å². The summed E-state index contributed by atoms with van der Waals surface area (Å²) in [4.78, 5) is 27.0. The summed E-state index contributed by atoms with van der Waals surface area (Å²) < 4.78 is 16.0. The molecule has 0 spiro atoms. The molecule has 2 fully saturated rings. The van der Waals surface area contributed by atoms with Crippen molar-refractivity contribution >= 4 is 11.9 Å². The van der Waals surface area contributed by atoms with Crippen LogP contribution < -0.4 is 14.2 Å². The molecule has 0 saturated carbocycles. The number of rotatable bonds is 6. The highest BCUT2D eigenvalue weighted by Crippen LogP contribution is 2.52. The first-order valence-electron chi connectivity index (χ1n) is 8.79. The molecule has 1 amide bonds. The fourth-order valence-corrected chi connectivity index (χ4v) is 4.60. The Labute approximate surface area is 152 Å². The maximum Gasteiger partial charge on any atom is 0.311 e. The predicted octanol–water partition coefficient (Wildman–Crippen LogP) is 2.57. The van der Waals surface area contributed by atoms with Gasteiger partial charge in [0.05, 0.1) is 26.7 Å². The molecule has 0 aromatic heterocycles. The molecule has 1 N–H and O–H groups in total. The molecule has 7 nitrogen and oxygen atoms in total. The van der Waals surface area contributed by atoms with Gasteiger partial charge < -0.3 is 24.2 Å². The van der Waals surface area contributed by atoms with E-state index in [4.69, 9.17) is 14.2 Å². The molecule has 3 rings (SSSR count). The molecule has 142 valence electrons. The molecule has 7 heteroatoms. The number of ether oxygens (including phenoxy) is 3. The van der Waals surface area contributed by atoms with Gasteiger partial charge in [0.15, 0.2) is 11.5 Å². The Morgan fingerprint density at radius 3 is 2.19 bits per heavy atom. The fraction of sp³-hybridized carbons (Fsp3) is 0.579. The average molecular weight is 363 g/mol. The normalized spacial score (nSPS) is 26.7. The molecule has 26 heavy (non-hydrogen) atoms. The predicted molar refractivity (Wildman–Crippen MR) is 94.1 cm³/mol. The van der Waals surface area contributed by atoms with Crippen LogP contribution in [0.1, 0.15) is 43.0 Å². The number of nitrogens with zero attached hydrogens (tertiary/aromatic N) is 1. The summed E-state index contributed by atoms with van der Waals surface area (Å²) in [5, 5.41) is 9.79. The quantitative estimate of drug-likeness (QED) is 0.836. The number of benzene rings is 1. The third-order valence-corrected chi connectivity index (χ3v) is 5.94. The first kappa shape index (κ1) is 18.4. The minimum Gasteiger partial charge on any atom is -0.493 e. The third kappa shape index (κ3) is 2.48. The Kier molecular flexibility index (Phi) is 4.73. The number of hydrogen-bond donors (Lipinski definition) is 1. The van der Waals surface area contributed by atoms with Crippen molar-refractivity contribution in [2.45, 2.75) is 44.7 Å². The van der Waals surface area contributed by atoms with E-state index in [1.807, 2.05) is 6.92 Å². The van der Waals surface area contributed by atoms with Crippen molar-refractivity contribution in [2.24, 2.45) is 5.41 Å². The van der Waals surface area contributed by atoms with E-state index < -0.39 is 11.4 Å². The Bertz CT molecular complexity index is 708. The number of carbonyl (C=O) groups excluding carboxylic acids is 1. The lowest BCUT2D eigenvalue weighted by atomic mass is 9.72. The van der Waals surface area contributed by atoms with Crippen molar-refractivity contribution < 1.29 is 28.9 Å². The van der Waals surface area contributed by atoms with Gasteiger partial charge in [0, 0.05) is 17.6 Å². The molecular weight excluding hydrogens is 338 g/mol. The zero-order valence-corrected chi connectivity index (χ0v) is 15.6. The minimum absolute atomic E-state index is 0.0392. The van der Waals surface area contributed by atoms with E-state index in [1.54, 1.807) is 17.0 Å². The topological polar surface area (TPSA) is 85.3 Å². The summed E-state index contributed by atoms with van der Waals surface area (Å²) in [5.41, 5.74) is -0.437. The van der Waals surface area contributed by atoms with Crippen molar-refractivity contribution in [2.75, 3.05) is 21.3 Å². The number of carboxylic acid groups (broad SMARTS) is 1. The largest absolute Gasteiger partial charge is 0.493 e. The first-order valence-corrected chi connectivity index (χ1v) is 8.79. The van der Waals surface area contributed by atoms with E-state index in [9.17, 15) is 14.7 Å². The van der Waals surface area contributed by atoms with E-state index in [-0.39, 0.29) is 18.0 Å². The maximum absolute atomic E-state index is 13.3. The van der Waals surface area contributed by atoms with Crippen LogP contribution in [-0.4, -0.2) is 55.3 Å². The second-order valence-corrected chi connectivity index (χ2v) is 6.89. The fourth-order valence-electron chi connectivity index (χ4n) is 4.60. The van der Waals surface area contributed by atoms with E-state index in [2.05, 4.69) is 0 Å². The van der Waals surface area contributed by atoms with E-state index in [0.29, 0.717) is 35.7 Å². The van der Waals surface area contributed by atoms with Crippen LogP contribution in [0.2, 0.25) is 0 Å². The average Bonchev–Trinajstić information content (AvgIpc) is 3.22. The summed E-state index contributed by atoms with van der Waals surface area (Å²) in [7, 11) is 4.50. The molecule has 2 aliphatic rings. The molecule has 0 aliphatic carbocycles. The van der Waals surface area contributed by atoms with Crippen LogP contribution in [0.15, 0.2) is 12.1 Å². The summed E-state index contributed by atoms with van der Waals surface area (Å²) >= 11 is 0. The van der Waals surface area contributed by atoms with Gasteiger partial charge in [-0.05, 0) is 37.8 Å². The van der Waals surface area contributed by atoms with Crippen LogP contribution in [0.25, 0.3) is 0 Å². The summed E-state index contributed by atoms with van der Waals surface area (Å²) in [6.07, 6.45) is 2.60. The zero-order chi connectivity index (χ0) is 19.1. The van der Waals surface area contributed by atoms with Crippen molar-refractivity contribution in [1.82, 2.24) is 4.90 Å². The molecule has 2 heterocycles. The van der Waals surface area contributed by atoms with Crippen LogP contribution in [-0.2, 0) is 4.79 Å². The zero-order valence-electron chi connectivity index (χ0n) is 15.6.